The molecular weight excluding hydrogens is 817 g/mol. The van der Waals surface area contributed by atoms with Gasteiger partial charge in [0.1, 0.15) is 13.2 Å². The predicted molar refractivity (Wildman–Crippen MR) is 284 cm³/mol. The quantitative estimate of drug-likeness (QED) is 0.0262. The molecule has 0 saturated heterocycles. The van der Waals surface area contributed by atoms with Crippen molar-refractivity contribution in [2.45, 2.75) is 341 Å². The first-order valence-electron chi connectivity index (χ1n) is 29.7. The van der Waals surface area contributed by atoms with E-state index in [-0.39, 0.29) is 31.1 Å². The summed E-state index contributed by atoms with van der Waals surface area (Å²) >= 11 is 0. The minimum atomic E-state index is -0.767. The van der Waals surface area contributed by atoms with Crippen molar-refractivity contribution in [3.63, 3.8) is 0 Å². The Morgan fingerprint density at radius 3 is 0.773 bits per heavy atom. The number of esters is 3. The standard InChI is InChI=1S/C60H114O6/c1-4-7-10-13-16-19-22-25-27-28-29-30-31-33-35-38-41-44-47-50-53-59(62)65-56-57(55-64-58(61)52-49-46-43-40-37-34-24-21-18-15-12-9-6-3)66-60(63)54-51-48-45-42-39-36-32-26-23-20-17-14-11-8-5-2/h21,24,57H,4-20,22-23,25-56H2,1-3H3/b24-21-. The van der Waals surface area contributed by atoms with Crippen LogP contribution in [-0.4, -0.2) is 37.2 Å². The fraction of sp³-hybridized carbons (Fsp3) is 0.917. The van der Waals surface area contributed by atoms with Crippen LogP contribution in [0.2, 0.25) is 0 Å². The normalized spacial score (nSPS) is 12.0. The molecule has 0 rings (SSSR count). The van der Waals surface area contributed by atoms with Crippen molar-refractivity contribution < 1.29 is 28.6 Å². The van der Waals surface area contributed by atoms with Gasteiger partial charge < -0.3 is 14.2 Å². The minimum absolute atomic E-state index is 0.0664. The molecule has 0 aromatic heterocycles. The van der Waals surface area contributed by atoms with Crippen LogP contribution in [0.15, 0.2) is 12.2 Å². The number of allylic oxidation sites excluding steroid dienone is 2. The molecule has 1 unspecified atom stereocenters. The predicted octanol–water partition coefficient (Wildman–Crippen LogP) is 19.7. The van der Waals surface area contributed by atoms with Crippen molar-refractivity contribution in [3.8, 4) is 0 Å². The van der Waals surface area contributed by atoms with Gasteiger partial charge in [-0.05, 0) is 44.9 Å². The van der Waals surface area contributed by atoms with Crippen LogP contribution in [0.1, 0.15) is 335 Å². The summed E-state index contributed by atoms with van der Waals surface area (Å²) in [5, 5.41) is 0. The van der Waals surface area contributed by atoms with Crippen LogP contribution in [-0.2, 0) is 28.6 Å². The Hall–Kier alpha value is -1.85. The molecule has 0 radical (unpaired) electrons. The van der Waals surface area contributed by atoms with Crippen LogP contribution in [0.5, 0.6) is 0 Å². The topological polar surface area (TPSA) is 78.9 Å². The third-order valence-corrected chi connectivity index (χ3v) is 13.5. The molecule has 66 heavy (non-hydrogen) atoms. The lowest BCUT2D eigenvalue weighted by molar-refractivity contribution is -0.167. The zero-order valence-corrected chi connectivity index (χ0v) is 44.7. The van der Waals surface area contributed by atoms with Crippen molar-refractivity contribution in [2.75, 3.05) is 13.2 Å². The second-order valence-corrected chi connectivity index (χ2v) is 20.3. The average Bonchev–Trinajstić information content (AvgIpc) is 3.31. The maximum Gasteiger partial charge on any atom is 0.306 e. The lowest BCUT2D eigenvalue weighted by Gasteiger charge is -2.18. The second kappa shape index (κ2) is 55.7. The smallest absolute Gasteiger partial charge is 0.306 e. The molecular formula is C60H114O6. The van der Waals surface area contributed by atoms with Gasteiger partial charge in [-0.2, -0.15) is 0 Å². The van der Waals surface area contributed by atoms with E-state index < -0.39 is 6.10 Å². The fourth-order valence-electron chi connectivity index (χ4n) is 9.03. The molecule has 0 aromatic rings. The highest BCUT2D eigenvalue weighted by Gasteiger charge is 2.19. The van der Waals surface area contributed by atoms with Crippen molar-refractivity contribution in [1.29, 1.82) is 0 Å². The zero-order valence-electron chi connectivity index (χ0n) is 44.7. The highest BCUT2D eigenvalue weighted by molar-refractivity contribution is 5.71. The van der Waals surface area contributed by atoms with Crippen molar-refractivity contribution >= 4 is 17.9 Å². The van der Waals surface area contributed by atoms with E-state index in [0.717, 1.165) is 64.2 Å². The summed E-state index contributed by atoms with van der Waals surface area (Å²) in [6.45, 7) is 6.68. The van der Waals surface area contributed by atoms with Gasteiger partial charge in [0.25, 0.3) is 0 Å². The van der Waals surface area contributed by atoms with Crippen LogP contribution in [0.3, 0.4) is 0 Å². The molecule has 0 fully saturated rings. The number of hydrogen-bond acceptors (Lipinski definition) is 6. The van der Waals surface area contributed by atoms with E-state index in [1.54, 1.807) is 0 Å². The lowest BCUT2D eigenvalue weighted by atomic mass is 10.0. The van der Waals surface area contributed by atoms with Crippen LogP contribution in [0, 0.1) is 0 Å². The highest BCUT2D eigenvalue weighted by Crippen LogP contribution is 2.17. The monoisotopic (exact) mass is 931 g/mol. The molecule has 390 valence electrons. The maximum absolute atomic E-state index is 12.8. The molecule has 0 aliphatic rings. The van der Waals surface area contributed by atoms with Gasteiger partial charge in [0.2, 0.25) is 0 Å². The van der Waals surface area contributed by atoms with Crippen molar-refractivity contribution in [3.05, 3.63) is 12.2 Å². The first-order chi connectivity index (χ1) is 32.5. The summed E-state index contributed by atoms with van der Waals surface area (Å²) in [5.41, 5.74) is 0. The number of carbonyl (C=O) groups is 3. The fourth-order valence-corrected chi connectivity index (χ4v) is 9.03. The largest absolute Gasteiger partial charge is 0.462 e. The van der Waals surface area contributed by atoms with E-state index in [2.05, 4.69) is 32.9 Å². The van der Waals surface area contributed by atoms with Crippen LogP contribution in [0.4, 0.5) is 0 Å². The molecule has 0 bridgehead atoms. The lowest BCUT2D eigenvalue weighted by Crippen LogP contribution is -2.30. The Bertz CT molecular complexity index is 1020. The Morgan fingerprint density at radius 1 is 0.288 bits per heavy atom. The maximum atomic E-state index is 12.8. The average molecular weight is 932 g/mol. The van der Waals surface area contributed by atoms with Gasteiger partial charge in [0.15, 0.2) is 6.10 Å². The number of carbonyl (C=O) groups excluding carboxylic acids is 3. The third kappa shape index (κ3) is 53.1. The Labute approximate surface area is 411 Å². The summed E-state index contributed by atoms with van der Waals surface area (Å²) in [6, 6.07) is 0. The SMILES string of the molecule is CCCCCC/C=C\CCCCCCCC(=O)OCC(COC(=O)CCCCCCCCCCCCCCCCCCCCCC)OC(=O)CCCCCCCCCCCCCCCCC. The molecule has 0 heterocycles. The number of unbranched alkanes of at least 4 members (excludes halogenated alkanes) is 42. The van der Waals surface area contributed by atoms with Gasteiger partial charge in [-0.1, -0.05) is 283 Å². The number of rotatable bonds is 55. The van der Waals surface area contributed by atoms with Gasteiger partial charge in [-0.15, -0.1) is 0 Å². The molecule has 6 heteroatoms. The second-order valence-electron chi connectivity index (χ2n) is 20.3. The van der Waals surface area contributed by atoms with E-state index in [1.165, 1.54) is 231 Å². The van der Waals surface area contributed by atoms with Gasteiger partial charge in [-0.3, -0.25) is 14.4 Å². The molecule has 1 atom stereocenters. The molecule has 0 aliphatic carbocycles. The minimum Gasteiger partial charge on any atom is -0.462 e. The van der Waals surface area contributed by atoms with Crippen LogP contribution in [0.25, 0.3) is 0 Å². The van der Waals surface area contributed by atoms with Gasteiger partial charge >= 0.3 is 17.9 Å². The Morgan fingerprint density at radius 2 is 0.500 bits per heavy atom. The Balaban J connectivity index is 4.27. The molecule has 0 amide bonds. The van der Waals surface area contributed by atoms with E-state index in [0.29, 0.717) is 19.3 Å². The Kier molecular flexibility index (Phi) is 54.2. The number of hydrogen-bond donors (Lipinski definition) is 0. The number of ether oxygens (including phenoxy) is 3. The highest BCUT2D eigenvalue weighted by atomic mass is 16.6. The van der Waals surface area contributed by atoms with Crippen molar-refractivity contribution in [1.82, 2.24) is 0 Å². The van der Waals surface area contributed by atoms with E-state index >= 15 is 0 Å². The molecule has 0 saturated carbocycles. The van der Waals surface area contributed by atoms with Gasteiger partial charge in [-0.25, -0.2) is 0 Å². The first-order valence-corrected chi connectivity index (χ1v) is 29.7. The van der Waals surface area contributed by atoms with Gasteiger partial charge in [0, 0.05) is 19.3 Å². The molecule has 0 N–H and O–H groups in total. The van der Waals surface area contributed by atoms with Gasteiger partial charge in [0.05, 0.1) is 0 Å². The van der Waals surface area contributed by atoms with Crippen LogP contribution >= 0.6 is 0 Å². The zero-order chi connectivity index (χ0) is 47.9. The summed E-state index contributed by atoms with van der Waals surface area (Å²) < 4.78 is 16.9. The summed E-state index contributed by atoms with van der Waals surface area (Å²) in [7, 11) is 0. The summed E-state index contributed by atoms with van der Waals surface area (Å²) in [4.78, 5) is 38.1. The molecule has 6 nitrogen and oxygen atoms in total. The van der Waals surface area contributed by atoms with Crippen LogP contribution < -0.4 is 0 Å². The van der Waals surface area contributed by atoms with E-state index in [1.807, 2.05) is 0 Å². The first kappa shape index (κ1) is 64.2. The van der Waals surface area contributed by atoms with E-state index in [9.17, 15) is 14.4 Å². The van der Waals surface area contributed by atoms with E-state index in [4.69, 9.17) is 14.2 Å². The summed E-state index contributed by atoms with van der Waals surface area (Å²) in [6.07, 6.45) is 63.5. The molecule has 0 aliphatic heterocycles. The molecule has 0 aromatic carbocycles. The van der Waals surface area contributed by atoms with Crippen molar-refractivity contribution in [2.24, 2.45) is 0 Å². The third-order valence-electron chi connectivity index (χ3n) is 13.5. The molecule has 0 spiro atoms. The summed E-state index contributed by atoms with van der Waals surface area (Å²) in [5.74, 6) is -0.850.